The molecule has 0 saturated carbocycles. The molecule has 0 spiro atoms. The van der Waals surface area contributed by atoms with E-state index in [1.807, 2.05) is 44.2 Å². The Kier molecular flexibility index (Phi) is 6.00. The second-order valence-corrected chi connectivity index (χ2v) is 3.75. The lowest BCUT2D eigenvalue weighted by Crippen LogP contribution is -2.21. The lowest BCUT2D eigenvalue weighted by molar-refractivity contribution is -0.144. The van der Waals surface area contributed by atoms with Gasteiger partial charge in [0.05, 0.1) is 6.61 Å². The lowest BCUT2D eigenvalue weighted by Gasteiger charge is -2.09. The Labute approximate surface area is 103 Å². The van der Waals surface area contributed by atoms with Crippen LogP contribution in [0.25, 0.3) is 0 Å². The highest BCUT2D eigenvalue weighted by molar-refractivity contribution is 5.83. The second kappa shape index (κ2) is 7.60. The minimum absolute atomic E-state index is 0.235. The van der Waals surface area contributed by atoms with Gasteiger partial charge in [0, 0.05) is 6.21 Å². The van der Waals surface area contributed by atoms with Gasteiger partial charge in [0.25, 0.3) is 0 Å². The first kappa shape index (κ1) is 13.4. The van der Waals surface area contributed by atoms with Gasteiger partial charge in [-0.3, -0.25) is 4.99 Å². The largest absolute Gasteiger partial charge is 0.464 e. The molecule has 0 amide bonds. The summed E-state index contributed by atoms with van der Waals surface area (Å²) in [7, 11) is 0. The molecule has 3 nitrogen and oxygen atoms in total. The first-order valence-electron chi connectivity index (χ1n) is 6.02. The smallest absolute Gasteiger partial charge is 0.330 e. The van der Waals surface area contributed by atoms with Crippen molar-refractivity contribution in [3.63, 3.8) is 0 Å². The van der Waals surface area contributed by atoms with Crippen LogP contribution >= 0.6 is 0 Å². The van der Waals surface area contributed by atoms with Gasteiger partial charge >= 0.3 is 5.97 Å². The van der Waals surface area contributed by atoms with Crippen molar-refractivity contribution in [2.24, 2.45) is 4.99 Å². The van der Waals surface area contributed by atoms with Crippen molar-refractivity contribution in [2.45, 2.75) is 32.7 Å². The maximum absolute atomic E-state index is 11.6. The zero-order valence-corrected chi connectivity index (χ0v) is 10.4. The molecule has 1 rings (SSSR count). The van der Waals surface area contributed by atoms with Gasteiger partial charge in [-0.2, -0.15) is 0 Å². The Morgan fingerprint density at radius 1 is 1.35 bits per heavy atom. The van der Waals surface area contributed by atoms with Gasteiger partial charge in [0.2, 0.25) is 0 Å². The topological polar surface area (TPSA) is 38.7 Å². The van der Waals surface area contributed by atoms with Crippen LogP contribution in [0.15, 0.2) is 35.3 Å². The van der Waals surface area contributed by atoms with E-state index in [1.54, 1.807) is 6.21 Å². The Balaban J connectivity index is 2.66. The van der Waals surface area contributed by atoms with Gasteiger partial charge in [-0.05, 0) is 18.9 Å². The van der Waals surface area contributed by atoms with E-state index in [0.29, 0.717) is 6.61 Å². The quantitative estimate of drug-likeness (QED) is 0.560. The van der Waals surface area contributed by atoms with Crippen LogP contribution in [-0.4, -0.2) is 24.8 Å². The predicted molar refractivity (Wildman–Crippen MR) is 69.4 cm³/mol. The number of aliphatic imine (C=N–C) groups is 1. The molecule has 0 heterocycles. The summed E-state index contributed by atoms with van der Waals surface area (Å²) in [4.78, 5) is 15.9. The summed E-state index contributed by atoms with van der Waals surface area (Å²) in [5.41, 5.74) is 0.998. The second-order valence-electron chi connectivity index (χ2n) is 3.75. The molecule has 0 aliphatic rings. The summed E-state index contributed by atoms with van der Waals surface area (Å²) in [6.45, 7) is 4.24. The highest BCUT2D eigenvalue weighted by Gasteiger charge is 2.16. The van der Waals surface area contributed by atoms with E-state index >= 15 is 0 Å². The third-order valence-electron chi connectivity index (χ3n) is 2.32. The highest BCUT2D eigenvalue weighted by Crippen LogP contribution is 2.05. The minimum Gasteiger partial charge on any atom is -0.464 e. The third-order valence-corrected chi connectivity index (χ3v) is 2.32. The van der Waals surface area contributed by atoms with Crippen molar-refractivity contribution in [3.8, 4) is 0 Å². The fourth-order valence-corrected chi connectivity index (χ4v) is 1.48. The molecule has 0 N–H and O–H groups in total. The molecule has 0 bridgehead atoms. The zero-order chi connectivity index (χ0) is 12.5. The molecule has 0 saturated heterocycles. The molecule has 1 aromatic rings. The molecule has 0 aliphatic carbocycles. The molecule has 0 radical (unpaired) electrons. The number of benzene rings is 1. The van der Waals surface area contributed by atoms with Crippen molar-refractivity contribution in [1.29, 1.82) is 0 Å². The molecule has 1 aromatic carbocycles. The number of rotatable bonds is 6. The normalized spacial score (nSPS) is 12.6. The molecule has 0 aliphatic heterocycles. The molecular weight excluding hydrogens is 214 g/mol. The van der Waals surface area contributed by atoms with Crippen molar-refractivity contribution in [1.82, 2.24) is 0 Å². The van der Waals surface area contributed by atoms with Gasteiger partial charge in [-0.25, -0.2) is 4.79 Å². The fraction of sp³-hybridized carbons (Fsp3) is 0.429. The van der Waals surface area contributed by atoms with Crippen LogP contribution in [0.5, 0.6) is 0 Å². The van der Waals surface area contributed by atoms with Crippen molar-refractivity contribution in [2.75, 3.05) is 6.61 Å². The zero-order valence-electron chi connectivity index (χ0n) is 10.4. The van der Waals surface area contributed by atoms with Crippen LogP contribution in [0.2, 0.25) is 0 Å². The summed E-state index contributed by atoms with van der Waals surface area (Å²) >= 11 is 0. The van der Waals surface area contributed by atoms with Crippen LogP contribution in [-0.2, 0) is 9.53 Å². The van der Waals surface area contributed by atoms with E-state index in [0.717, 1.165) is 18.4 Å². The monoisotopic (exact) mass is 233 g/mol. The van der Waals surface area contributed by atoms with Crippen LogP contribution < -0.4 is 0 Å². The third kappa shape index (κ3) is 4.81. The van der Waals surface area contributed by atoms with E-state index in [4.69, 9.17) is 4.74 Å². The molecular formula is C14H19NO2. The van der Waals surface area contributed by atoms with Crippen molar-refractivity contribution >= 4 is 12.2 Å². The number of hydrogen-bond acceptors (Lipinski definition) is 3. The summed E-state index contributed by atoms with van der Waals surface area (Å²) in [6, 6.07) is 9.38. The maximum atomic E-state index is 11.6. The van der Waals surface area contributed by atoms with E-state index < -0.39 is 0 Å². The molecule has 0 fully saturated rings. The number of carbonyl (C=O) groups is 1. The Bertz CT molecular complexity index is 360. The number of esters is 1. The molecule has 92 valence electrons. The summed E-state index contributed by atoms with van der Waals surface area (Å²) < 4.78 is 4.99. The molecule has 0 aromatic heterocycles. The number of carbonyl (C=O) groups excluding carboxylic acids is 1. The summed E-state index contributed by atoms with van der Waals surface area (Å²) in [5, 5.41) is 0. The van der Waals surface area contributed by atoms with Gasteiger partial charge in [-0.15, -0.1) is 0 Å². The van der Waals surface area contributed by atoms with Crippen molar-refractivity contribution in [3.05, 3.63) is 35.9 Å². The van der Waals surface area contributed by atoms with Crippen molar-refractivity contribution < 1.29 is 9.53 Å². The standard InChI is InChI=1S/C14H19NO2/c1-3-8-13(14(16)17-4-2)15-11-12-9-6-5-7-10-12/h5-7,9-11,13H,3-4,8H2,1-2H3/b15-11+. The Morgan fingerprint density at radius 2 is 2.06 bits per heavy atom. The average Bonchev–Trinajstić information content (AvgIpc) is 2.36. The molecule has 1 unspecified atom stereocenters. The minimum atomic E-state index is -0.375. The molecule has 3 heteroatoms. The van der Waals surface area contributed by atoms with Gasteiger partial charge < -0.3 is 4.74 Å². The maximum Gasteiger partial charge on any atom is 0.330 e. The number of nitrogens with zero attached hydrogens (tertiary/aromatic N) is 1. The van der Waals surface area contributed by atoms with E-state index in [9.17, 15) is 4.79 Å². The van der Waals surface area contributed by atoms with Gasteiger partial charge in [-0.1, -0.05) is 43.7 Å². The van der Waals surface area contributed by atoms with E-state index in [-0.39, 0.29) is 12.0 Å². The number of ether oxygens (including phenoxy) is 1. The fourth-order valence-electron chi connectivity index (χ4n) is 1.48. The summed E-state index contributed by atoms with van der Waals surface area (Å²) in [5.74, 6) is -0.235. The van der Waals surface area contributed by atoms with Crippen LogP contribution in [0, 0.1) is 0 Å². The molecule has 17 heavy (non-hydrogen) atoms. The lowest BCUT2D eigenvalue weighted by atomic mass is 10.2. The Morgan fingerprint density at radius 3 is 2.65 bits per heavy atom. The number of hydrogen-bond donors (Lipinski definition) is 0. The van der Waals surface area contributed by atoms with E-state index in [2.05, 4.69) is 4.99 Å². The highest BCUT2D eigenvalue weighted by atomic mass is 16.5. The van der Waals surface area contributed by atoms with Crippen LogP contribution in [0.1, 0.15) is 32.3 Å². The van der Waals surface area contributed by atoms with E-state index in [1.165, 1.54) is 0 Å². The van der Waals surface area contributed by atoms with Crippen LogP contribution in [0.3, 0.4) is 0 Å². The predicted octanol–water partition coefficient (Wildman–Crippen LogP) is 2.84. The van der Waals surface area contributed by atoms with Gasteiger partial charge in [0.1, 0.15) is 6.04 Å². The molecule has 1 atom stereocenters. The van der Waals surface area contributed by atoms with Crippen LogP contribution in [0.4, 0.5) is 0 Å². The van der Waals surface area contributed by atoms with Gasteiger partial charge in [0.15, 0.2) is 0 Å². The SMILES string of the molecule is CCCC(/N=C/c1ccccc1)C(=O)OCC. The average molecular weight is 233 g/mol. The first-order chi connectivity index (χ1) is 8.27. The summed E-state index contributed by atoms with van der Waals surface area (Å²) in [6.07, 6.45) is 3.37. The first-order valence-corrected chi connectivity index (χ1v) is 6.02. The Hall–Kier alpha value is -1.64.